The van der Waals surface area contributed by atoms with E-state index in [1.54, 1.807) is 6.92 Å². The van der Waals surface area contributed by atoms with E-state index < -0.39 is 0 Å². The first kappa shape index (κ1) is 10.9. The van der Waals surface area contributed by atoms with Crippen LogP contribution in [0.3, 0.4) is 0 Å². The zero-order valence-corrected chi connectivity index (χ0v) is 6.62. The Balaban J connectivity index is 0. The van der Waals surface area contributed by atoms with Gasteiger partial charge < -0.3 is 0 Å². The van der Waals surface area contributed by atoms with Crippen LogP contribution >= 0.6 is 0 Å². The molecule has 0 bridgehead atoms. The van der Waals surface area contributed by atoms with E-state index >= 15 is 0 Å². The largest absolute Gasteiger partial charge is 0.291 e. The summed E-state index contributed by atoms with van der Waals surface area (Å²) in [5.41, 5.74) is 0. The van der Waals surface area contributed by atoms with Gasteiger partial charge in [0.05, 0.1) is 0 Å². The van der Waals surface area contributed by atoms with Gasteiger partial charge in [0, 0.05) is 32.8 Å². The van der Waals surface area contributed by atoms with E-state index in [1.165, 1.54) is 6.92 Å². The van der Waals surface area contributed by atoms with E-state index in [-0.39, 0.29) is 31.0 Å². The summed E-state index contributed by atoms with van der Waals surface area (Å²) in [6.45, 7) is 2.95. The first-order valence-electron chi connectivity index (χ1n) is 2.22. The molecule has 0 N–H and O–H groups in total. The van der Waals surface area contributed by atoms with Gasteiger partial charge in [-0.05, 0) is 0 Å². The Morgan fingerprint density at radius 3 is 1.75 bits per heavy atom. The quantitative estimate of drug-likeness (QED) is 0.483. The van der Waals surface area contributed by atoms with Crippen LogP contribution in [-0.4, -0.2) is 11.6 Å². The van der Waals surface area contributed by atoms with Crippen LogP contribution in [0, 0.1) is 0 Å². The average Bonchev–Trinajstić information content (AvgIpc) is 1.65. The SMILES string of the molecule is CCC(=O)C(C)=O.[Ru]. The van der Waals surface area contributed by atoms with Gasteiger partial charge in [-0.2, -0.15) is 0 Å². The van der Waals surface area contributed by atoms with E-state index in [9.17, 15) is 9.59 Å². The Morgan fingerprint density at radius 1 is 1.38 bits per heavy atom. The van der Waals surface area contributed by atoms with Gasteiger partial charge in [0.15, 0.2) is 11.6 Å². The van der Waals surface area contributed by atoms with Crippen molar-refractivity contribution < 1.29 is 29.1 Å². The van der Waals surface area contributed by atoms with Gasteiger partial charge >= 0.3 is 0 Å². The first-order valence-corrected chi connectivity index (χ1v) is 2.22. The van der Waals surface area contributed by atoms with Crippen molar-refractivity contribution >= 4 is 11.6 Å². The van der Waals surface area contributed by atoms with Crippen molar-refractivity contribution in [3.05, 3.63) is 0 Å². The van der Waals surface area contributed by atoms with Gasteiger partial charge in [0.1, 0.15) is 0 Å². The Kier molecular flexibility index (Phi) is 6.93. The second-order valence-electron chi connectivity index (χ2n) is 1.33. The standard InChI is InChI=1S/C5H8O2.Ru/c1-3-5(7)4(2)6;/h3H2,1-2H3;. The number of rotatable bonds is 2. The zero-order valence-electron chi connectivity index (χ0n) is 4.88. The van der Waals surface area contributed by atoms with E-state index in [0.717, 1.165) is 0 Å². The molecule has 2 nitrogen and oxygen atoms in total. The van der Waals surface area contributed by atoms with Gasteiger partial charge in [0.25, 0.3) is 0 Å². The number of Topliss-reactive ketones (excluding diaryl/α,β-unsaturated/α-hetero) is 2. The fraction of sp³-hybridized carbons (Fsp3) is 0.600. The number of hydrogen-bond acceptors (Lipinski definition) is 2. The van der Waals surface area contributed by atoms with Crippen molar-refractivity contribution in [2.24, 2.45) is 0 Å². The van der Waals surface area contributed by atoms with Crippen molar-refractivity contribution in [1.29, 1.82) is 0 Å². The van der Waals surface area contributed by atoms with Crippen LogP contribution < -0.4 is 0 Å². The van der Waals surface area contributed by atoms with Gasteiger partial charge in [-0.1, -0.05) is 6.92 Å². The Labute approximate surface area is 61.4 Å². The number of hydrogen-bond donors (Lipinski definition) is 0. The van der Waals surface area contributed by atoms with Crippen LogP contribution in [0.2, 0.25) is 0 Å². The molecule has 0 atom stereocenters. The summed E-state index contributed by atoms with van der Waals surface area (Å²) in [7, 11) is 0. The number of carbonyl (C=O) groups excluding carboxylic acids is 2. The summed E-state index contributed by atoms with van der Waals surface area (Å²) < 4.78 is 0. The molecule has 0 radical (unpaired) electrons. The minimum absolute atomic E-state index is 0. The molecule has 0 saturated carbocycles. The minimum Gasteiger partial charge on any atom is -0.291 e. The van der Waals surface area contributed by atoms with Crippen molar-refractivity contribution in [3.8, 4) is 0 Å². The molecule has 0 saturated heterocycles. The fourth-order valence-electron chi connectivity index (χ4n) is 0.249. The zero-order chi connectivity index (χ0) is 5.86. The van der Waals surface area contributed by atoms with Gasteiger partial charge in [-0.3, -0.25) is 9.59 Å². The molecule has 0 aromatic heterocycles. The van der Waals surface area contributed by atoms with Crippen molar-refractivity contribution in [3.63, 3.8) is 0 Å². The molecule has 3 heteroatoms. The molecule has 0 fully saturated rings. The summed E-state index contributed by atoms with van der Waals surface area (Å²) in [6.07, 6.45) is 0.329. The average molecular weight is 201 g/mol. The fourth-order valence-corrected chi connectivity index (χ4v) is 0.249. The topological polar surface area (TPSA) is 34.1 Å². The van der Waals surface area contributed by atoms with E-state index in [1.807, 2.05) is 0 Å². The molecule has 0 aromatic rings. The molecular weight excluding hydrogens is 193 g/mol. The molecule has 0 amide bonds. The molecule has 0 spiro atoms. The molecule has 0 heterocycles. The van der Waals surface area contributed by atoms with Crippen LogP contribution in [-0.2, 0) is 29.1 Å². The number of carbonyl (C=O) groups is 2. The normalized spacial score (nSPS) is 7.25. The molecular formula is C5H8O2Ru. The maximum Gasteiger partial charge on any atom is 0.197 e. The third-order valence-corrected chi connectivity index (χ3v) is 0.714. The van der Waals surface area contributed by atoms with E-state index in [2.05, 4.69) is 0 Å². The smallest absolute Gasteiger partial charge is 0.197 e. The Morgan fingerprint density at radius 2 is 1.75 bits per heavy atom. The summed E-state index contributed by atoms with van der Waals surface area (Å²) in [6, 6.07) is 0. The maximum absolute atomic E-state index is 10.2. The minimum atomic E-state index is -0.345. The molecule has 0 aliphatic heterocycles. The van der Waals surface area contributed by atoms with Crippen LogP contribution in [0.1, 0.15) is 20.3 Å². The van der Waals surface area contributed by atoms with Crippen molar-refractivity contribution in [2.75, 3.05) is 0 Å². The number of ketones is 2. The third-order valence-electron chi connectivity index (χ3n) is 0.714. The molecule has 0 rings (SSSR count). The van der Waals surface area contributed by atoms with Gasteiger partial charge in [0.2, 0.25) is 0 Å². The van der Waals surface area contributed by atoms with Crippen molar-refractivity contribution in [2.45, 2.75) is 20.3 Å². The van der Waals surface area contributed by atoms with E-state index in [0.29, 0.717) is 6.42 Å². The predicted octanol–water partition coefficient (Wildman–Crippen LogP) is 0.552. The summed E-state index contributed by atoms with van der Waals surface area (Å²) in [5.74, 6) is -0.637. The van der Waals surface area contributed by atoms with E-state index in [4.69, 9.17) is 0 Å². The van der Waals surface area contributed by atoms with Crippen molar-refractivity contribution in [1.82, 2.24) is 0 Å². The molecule has 48 valence electrons. The second-order valence-corrected chi connectivity index (χ2v) is 1.33. The van der Waals surface area contributed by atoms with Crippen LogP contribution in [0.15, 0.2) is 0 Å². The third kappa shape index (κ3) is 4.13. The monoisotopic (exact) mass is 202 g/mol. The molecule has 0 aliphatic carbocycles. The summed E-state index contributed by atoms with van der Waals surface area (Å²) in [4.78, 5) is 20.2. The summed E-state index contributed by atoms with van der Waals surface area (Å²) >= 11 is 0. The van der Waals surface area contributed by atoms with Crippen LogP contribution in [0.25, 0.3) is 0 Å². The Hall–Kier alpha value is -0.0366. The maximum atomic E-state index is 10.2. The Bertz CT molecular complexity index is 98.6. The second kappa shape index (κ2) is 5.11. The predicted molar refractivity (Wildman–Crippen MR) is 26.0 cm³/mol. The van der Waals surface area contributed by atoms with Crippen LogP contribution in [0.5, 0.6) is 0 Å². The molecule has 0 unspecified atom stereocenters. The molecule has 8 heavy (non-hydrogen) atoms. The van der Waals surface area contributed by atoms with Gasteiger partial charge in [-0.15, -0.1) is 0 Å². The van der Waals surface area contributed by atoms with Crippen LogP contribution in [0.4, 0.5) is 0 Å². The first-order chi connectivity index (χ1) is 3.18. The molecule has 0 aromatic carbocycles. The summed E-state index contributed by atoms with van der Waals surface area (Å²) in [5, 5.41) is 0. The van der Waals surface area contributed by atoms with Gasteiger partial charge in [-0.25, -0.2) is 0 Å². The molecule has 0 aliphatic rings.